The Morgan fingerprint density at radius 3 is 2.53 bits per heavy atom. The highest BCUT2D eigenvalue weighted by molar-refractivity contribution is 5.79. The third-order valence-corrected chi connectivity index (χ3v) is 3.57. The van der Waals surface area contributed by atoms with E-state index in [0.29, 0.717) is 31.7 Å². The van der Waals surface area contributed by atoms with E-state index in [0.717, 1.165) is 19.3 Å². The van der Waals surface area contributed by atoms with Crippen molar-refractivity contribution in [3.8, 4) is 0 Å². The van der Waals surface area contributed by atoms with Crippen molar-refractivity contribution in [2.45, 2.75) is 64.5 Å². The molecule has 110 valence electrons. The first kappa shape index (κ1) is 16.0. The average Bonchev–Trinajstić information content (AvgIpc) is 2.75. The fraction of sp³-hybridized carbons (Fsp3) is 0.857. The zero-order valence-corrected chi connectivity index (χ0v) is 12.1. The van der Waals surface area contributed by atoms with Crippen LogP contribution < -0.4 is 16.4 Å². The maximum atomic E-state index is 11.8. The summed E-state index contributed by atoms with van der Waals surface area (Å²) in [5, 5.41) is 5.86. The Hall–Kier alpha value is -1.10. The highest BCUT2D eigenvalue weighted by Crippen LogP contribution is 2.24. The summed E-state index contributed by atoms with van der Waals surface area (Å²) in [4.78, 5) is 23.2. The molecular formula is C14H27N3O2. The van der Waals surface area contributed by atoms with Crippen molar-refractivity contribution in [2.24, 2.45) is 11.7 Å². The average molecular weight is 269 g/mol. The van der Waals surface area contributed by atoms with Crippen molar-refractivity contribution >= 4 is 11.8 Å². The fourth-order valence-corrected chi connectivity index (χ4v) is 2.59. The molecule has 0 aromatic rings. The standard InChI is InChI=1S/C14H27N3O2/c1-10(2)16-13(18)7-4-8-14(19)17-12-6-3-5-11(12)9-15/h10-12H,3-9,15H2,1-2H3,(H,16,18)(H,17,19). The molecule has 2 amide bonds. The topological polar surface area (TPSA) is 84.2 Å². The maximum Gasteiger partial charge on any atom is 0.220 e. The molecule has 0 heterocycles. The molecule has 5 heteroatoms. The number of nitrogens with two attached hydrogens (primary N) is 1. The van der Waals surface area contributed by atoms with E-state index in [1.807, 2.05) is 13.8 Å². The SMILES string of the molecule is CC(C)NC(=O)CCCC(=O)NC1CCCC1CN. The van der Waals surface area contributed by atoms with Crippen molar-refractivity contribution in [1.29, 1.82) is 0 Å². The lowest BCUT2D eigenvalue weighted by Crippen LogP contribution is -2.39. The summed E-state index contributed by atoms with van der Waals surface area (Å²) in [7, 11) is 0. The number of rotatable bonds is 7. The second kappa shape index (κ2) is 8.15. The van der Waals surface area contributed by atoms with Gasteiger partial charge in [0.1, 0.15) is 0 Å². The van der Waals surface area contributed by atoms with Crippen molar-refractivity contribution in [1.82, 2.24) is 10.6 Å². The molecule has 1 aliphatic carbocycles. The first-order valence-electron chi connectivity index (χ1n) is 7.31. The van der Waals surface area contributed by atoms with Gasteiger partial charge in [0.15, 0.2) is 0 Å². The maximum absolute atomic E-state index is 11.8. The lowest BCUT2D eigenvalue weighted by atomic mass is 10.0. The quantitative estimate of drug-likeness (QED) is 0.642. The van der Waals surface area contributed by atoms with Crippen LogP contribution in [0.5, 0.6) is 0 Å². The number of carbonyl (C=O) groups is 2. The molecule has 4 N–H and O–H groups in total. The lowest BCUT2D eigenvalue weighted by molar-refractivity contribution is -0.123. The Morgan fingerprint density at radius 1 is 1.21 bits per heavy atom. The molecule has 1 saturated carbocycles. The fourth-order valence-electron chi connectivity index (χ4n) is 2.59. The first-order valence-corrected chi connectivity index (χ1v) is 7.31. The van der Waals surface area contributed by atoms with Crippen molar-refractivity contribution < 1.29 is 9.59 Å². The van der Waals surface area contributed by atoms with Crippen molar-refractivity contribution in [2.75, 3.05) is 6.54 Å². The van der Waals surface area contributed by atoms with Crippen LogP contribution >= 0.6 is 0 Å². The molecule has 0 spiro atoms. The van der Waals surface area contributed by atoms with Crippen LogP contribution in [0.15, 0.2) is 0 Å². The Balaban J connectivity index is 2.16. The van der Waals surface area contributed by atoms with Gasteiger partial charge in [0.05, 0.1) is 0 Å². The summed E-state index contributed by atoms with van der Waals surface area (Å²) in [5.74, 6) is 0.486. The Labute approximate surface area is 115 Å². The van der Waals surface area contributed by atoms with Gasteiger partial charge in [-0.3, -0.25) is 9.59 Å². The number of amides is 2. The van der Waals surface area contributed by atoms with E-state index in [1.54, 1.807) is 0 Å². The van der Waals surface area contributed by atoms with E-state index >= 15 is 0 Å². The molecule has 5 nitrogen and oxygen atoms in total. The first-order chi connectivity index (χ1) is 9.02. The predicted octanol–water partition coefficient (Wildman–Crippen LogP) is 0.925. The minimum absolute atomic E-state index is 0.0171. The number of hydrogen-bond acceptors (Lipinski definition) is 3. The summed E-state index contributed by atoms with van der Waals surface area (Å²) < 4.78 is 0. The van der Waals surface area contributed by atoms with Gasteiger partial charge in [-0.15, -0.1) is 0 Å². The van der Waals surface area contributed by atoms with E-state index < -0.39 is 0 Å². The number of carbonyl (C=O) groups excluding carboxylic acids is 2. The van der Waals surface area contributed by atoms with Crippen LogP contribution in [0.4, 0.5) is 0 Å². The molecule has 0 saturated heterocycles. The van der Waals surface area contributed by atoms with Gasteiger partial charge in [0.2, 0.25) is 11.8 Å². The van der Waals surface area contributed by atoms with Crippen LogP contribution in [0, 0.1) is 5.92 Å². The normalized spacial score (nSPS) is 22.5. The molecule has 2 unspecified atom stereocenters. The molecule has 1 rings (SSSR count). The third-order valence-electron chi connectivity index (χ3n) is 3.57. The summed E-state index contributed by atoms with van der Waals surface area (Å²) in [6, 6.07) is 0.395. The van der Waals surface area contributed by atoms with E-state index in [9.17, 15) is 9.59 Å². The molecule has 19 heavy (non-hydrogen) atoms. The summed E-state index contributed by atoms with van der Waals surface area (Å²) in [6.07, 6.45) is 4.71. The largest absolute Gasteiger partial charge is 0.354 e. The summed E-state index contributed by atoms with van der Waals surface area (Å²) in [6.45, 7) is 4.50. The molecule has 0 aromatic heterocycles. The molecule has 0 radical (unpaired) electrons. The van der Waals surface area contributed by atoms with Crippen LogP contribution in [-0.4, -0.2) is 30.4 Å². The third kappa shape index (κ3) is 6.05. The van der Waals surface area contributed by atoms with Crippen LogP contribution in [0.3, 0.4) is 0 Å². The lowest BCUT2D eigenvalue weighted by Gasteiger charge is -2.19. The zero-order chi connectivity index (χ0) is 14.3. The van der Waals surface area contributed by atoms with Gasteiger partial charge < -0.3 is 16.4 Å². The van der Waals surface area contributed by atoms with Gasteiger partial charge in [-0.1, -0.05) is 6.42 Å². The Kier molecular flexibility index (Phi) is 6.84. The second-order valence-electron chi connectivity index (χ2n) is 5.68. The van der Waals surface area contributed by atoms with E-state index in [-0.39, 0.29) is 23.9 Å². The van der Waals surface area contributed by atoms with E-state index in [2.05, 4.69) is 10.6 Å². The minimum Gasteiger partial charge on any atom is -0.354 e. The molecule has 0 aliphatic heterocycles. The molecular weight excluding hydrogens is 242 g/mol. The van der Waals surface area contributed by atoms with Crippen molar-refractivity contribution in [3.05, 3.63) is 0 Å². The van der Waals surface area contributed by atoms with Gasteiger partial charge >= 0.3 is 0 Å². The molecule has 1 fully saturated rings. The Bertz CT molecular complexity index is 305. The van der Waals surface area contributed by atoms with Crippen LogP contribution in [0.1, 0.15) is 52.4 Å². The van der Waals surface area contributed by atoms with Gasteiger partial charge in [0, 0.05) is 24.9 Å². The van der Waals surface area contributed by atoms with Gasteiger partial charge in [0.25, 0.3) is 0 Å². The van der Waals surface area contributed by atoms with Crippen LogP contribution in [0.2, 0.25) is 0 Å². The van der Waals surface area contributed by atoms with Crippen molar-refractivity contribution in [3.63, 3.8) is 0 Å². The van der Waals surface area contributed by atoms with Gasteiger partial charge in [-0.2, -0.15) is 0 Å². The smallest absolute Gasteiger partial charge is 0.220 e. The van der Waals surface area contributed by atoms with E-state index in [4.69, 9.17) is 5.73 Å². The highest BCUT2D eigenvalue weighted by Gasteiger charge is 2.26. The van der Waals surface area contributed by atoms with Gasteiger partial charge in [-0.25, -0.2) is 0 Å². The number of nitrogens with one attached hydrogen (secondary N) is 2. The molecule has 0 bridgehead atoms. The minimum atomic E-state index is 0.0171. The highest BCUT2D eigenvalue weighted by atomic mass is 16.2. The van der Waals surface area contributed by atoms with Crippen LogP contribution in [-0.2, 0) is 9.59 Å². The van der Waals surface area contributed by atoms with Gasteiger partial charge in [-0.05, 0) is 45.6 Å². The molecule has 1 aliphatic rings. The van der Waals surface area contributed by atoms with Crippen LogP contribution in [0.25, 0.3) is 0 Å². The predicted molar refractivity (Wildman–Crippen MR) is 75.5 cm³/mol. The zero-order valence-electron chi connectivity index (χ0n) is 12.1. The van der Waals surface area contributed by atoms with E-state index in [1.165, 1.54) is 0 Å². The number of hydrogen-bond donors (Lipinski definition) is 3. The molecule has 2 atom stereocenters. The summed E-state index contributed by atoms with van der Waals surface area (Å²) in [5.41, 5.74) is 5.68. The monoisotopic (exact) mass is 269 g/mol. The molecule has 0 aromatic carbocycles. The second-order valence-corrected chi connectivity index (χ2v) is 5.68. The summed E-state index contributed by atoms with van der Waals surface area (Å²) >= 11 is 0. The Morgan fingerprint density at radius 2 is 1.89 bits per heavy atom.